The summed E-state index contributed by atoms with van der Waals surface area (Å²) in [6.45, 7) is 3.23. The third-order valence-corrected chi connectivity index (χ3v) is 4.06. The Hall–Kier alpha value is -0.840. The summed E-state index contributed by atoms with van der Waals surface area (Å²) >= 11 is 1.77. The van der Waals surface area contributed by atoms with E-state index in [0.29, 0.717) is 6.04 Å². The van der Waals surface area contributed by atoms with E-state index in [-0.39, 0.29) is 12.4 Å². The fourth-order valence-electron chi connectivity index (χ4n) is 2.13. The molecule has 1 aliphatic heterocycles. The van der Waals surface area contributed by atoms with Crippen LogP contribution in [0.1, 0.15) is 30.3 Å². The molecule has 0 radical (unpaired) electrons. The molecular weight excluding hydrogens is 254 g/mol. The number of aromatic nitrogens is 2. The number of H-pyrrole nitrogens is 1. The Morgan fingerprint density at radius 1 is 1.47 bits per heavy atom. The number of nitrogens with one attached hydrogen (secondary N) is 2. The van der Waals surface area contributed by atoms with E-state index in [9.17, 15) is 0 Å². The van der Waals surface area contributed by atoms with Gasteiger partial charge in [0.2, 0.25) is 0 Å². The second-order valence-electron chi connectivity index (χ2n) is 4.32. The van der Waals surface area contributed by atoms with Crippen LogP contribution in [0.5, 0.6) is 0 Å². The molecule has 5 heteroatoms. The number of nitrogens with zero attached hydrogens (tertiary/aromatic N) is 1. The summed E-state index contributed by atoms with van der Waals surface area (Å²) in [5.74, 6) is 1.08. The number of hydrogen-bond acceptors (Lipinski definition) is 3. The van der Waals surface area contributed by atoms with Crippen molar-refractivity contribution in [2.75, 3.05) is 6.54 Å². The zero-order valence-corrected chi connectivity index (χ0v) is 11.3. The normalized spacial score (nSPS) is 19.2. The van der Waals surface area contributed by atoms with Crippen LogP contribution in [-0.2, 0) is 0 Å². The van der Waals surface area contributed by atoms with Gasteiger partial charge in [0, 0.05) is 0 Å². The molecular formula is C12H16ClN3S. The predicted molar refractivity (Wildman–Crippen MR) is 73.9 cm³/mol. The lowest BCUT2D eigenvalue weighted by atomic mass is 10.2. The number of rotatable bonds is 2. The van der Waals surface area contributed by atoms with Crippen molar-refractivity contribution in [1.29, 1.82) is 0 Å². The van der Waals surface area contributed by atoms with Crippen molar-refractivity contribution >= 4 is 23.7 Å². The minimum absolute atomic E-state index is 0. The monoisotopic (exact) mass is 269 g/mol. The highest BCUT2D eigenvalue weighted by Gasteiger charge is 2.19. The Bertz CT molecular complexity index is 485. The Morgan fingerprint density at radius 2 is 2.35 bits per heavy atom. The number of halogens is 1. The molecule has 0 amide bonds. The van der Waals surface area contributed by atoms with Gasteiger partial charge in [0.25, 0.3) is 0 Å². The Balaban J connectivity index is 0.00000108. The van der Waals surface area contributed by atoms with Crippen LogP contribution < -0.4 is 5.32 Å². The SMILES string of the molecule is Cc1csc(-c2cnc([C@@H]3CCCN3)[nH]2)c1.Cl. The molecule has 1 atom stereocenters. The average molecular weight is 270 g/mol. The summed E-state index contributed by atoms with van der Waals surface area (Å²) < 4.78 is 0. The van der Waals surface area contributed by atoms with Crippen molar-refractivity contribution in [3.8, 4) is 10.6 Å². The largest absolute Gasteiger partial charge is 0.340 e. The Kier molecular flexibility index (Phi) is 3.86. The highest BCUT2D eigenvalue weighted by Crippen LogP contribution is 2.27. The van der Waals surface area contributed by atoms with Crippen LogP contribution in [0.3, 0.4) is 0 Å². The van der Waals surface area contributed by atoms with E-state index in [4.69, 9.17) is 0 Å². The zero-order valence-electron chi connectivity index (χ0n) is 9.69. The number of imidazole rings is 1. The predicted octanol–water partition coefficient (Wildman–Crippen LogP) is 3.29. The van der Waals surface area contributed by atoms with Gasteiger partial charge < -0.3 is 10.3 Å². The van der Waals surface area contributed by atoms with Gasteiger partial charge in [-0.3, -0.25) is 0 Å². The van der Waals surface area contributed by atoms with E-state index in [2.05, 4.69) is 33.7 Å². The van der Waals surface area contributed by atoms with E-state index >= 15 is 0 Å². The first kappa shape index (κ1) is 12.6. The maximum Gasteiger partial charge on any atom is 0.123 e. The number of hydrogen-bond donors (Lipinski definition) is 2. The number of aryl methyl sites for hydroxylation is 1. The molecule has 0 aromatic carbocycles. The van der Waals surface area contributed by atoms with Crippen LogP contribution in [0.4, 0.5) is 0 Å². The van der Waals surface area contributed by atoms with E-state index < -0.39 is 0 Å². The van der Waals surface area contributed by atoms with E-state index in [1.54, 1.807) is 11.3 Å². The molecule has 1 saturated heterocycles. The fraction of sp³-hybridized carbons (Fsp3) is 0.417. The lowest BCUT2D eigenvalue weighted by molar-refractivity contribution is 0.613. The van der Waals surface area contributed by atoms with Crippen molar-refractivity contribution < 1.29 is 0 Å². The first-order valence-corrected chi connectivity index (χ1v) is 6.55. The Labute approximate surface area is 111 Å². The van der Waals surface area contributed by atoms with Crippen LogP contribution in [0.25, 0.3) is 10.6 Å². The molecule has 0 unspecified atom stereocenters. The summed E-state index contributed by atoms with van der Waals surface area (Å²) in [5.41, 5.74) is 2.46. The molecule has 17 heavy (non-hydrogen) atoms. The minimum Gasteiger partial charge on any atom is -0.340 e. The summed E-state index contributed by atoms with van der Waals surface area (Å²) in [6, 6.07) is 2.62. The van der Waals surface area contributed by atoms with Gasteiger partial charge in [-0.1, -0.05) is 0 Å². The van der Waals surface area contributed by atoms with Crippen molar-refractivity contribution in [1.82, 2.24) is 15.3 Å². The fourth-order valence-corrected chi connectivity index (χ4v) is 2.99. The quantitative estimate of drug-likeness (QED) is 0.878. The molecule has 1 aliphatic rings. The summed E-state index contributed by atoms with van der Waals surface area (Å²) in [5, 5.41) is 5.62. The lowest BCUT2D eigenvalue weighted by Gasteiger charge is -2.04. The molecule has 0 aliphatic carbocycles. The lowest BCUT2D eigenvalue weighted by Crippen LogP contribution is -2.14. The van der Waals surface area contributed by atoms with Gasteiger partial charge in [-0.15, -0.1) is 23.7 Å². The third kappa shape index (κ3) is 2.54. The van der Waals surface area contributed by atoms with Gasteiger partial charge >= 0.3 is 0 Å². The van der Waals surface area contributed by atoms with E-state index in [1.807, 2.05) is 6.20 Å². The van der Waals surface area contributed by atoms with Gasteiger partial charge in [0.05, 0.1) is 22.8 Å². The third-order valence-electron chi connectivity index (χ3n) is 2.98. The molecule has 3 rings (SSSR count). The maximum atomic E-state index is 4.47. The van der Waals surface area contributed by atoms with Gasteiger partial charge in [-0.25, -0.2) is 4.98 Å². The second-order valence-corrected chi connectivity index (χ2v) is 5.23. The van der Waals surface area contributed by atoms with Gasteiger partial charge in [0.15, 0.2) is 0 Å². The molecule has 92 valence electrons. The molecule has 0 bridgehead atoms. The van der Waals surface area contributed by atoms with Crippen LogP contribution in [0.15, 0.2) is 17.6 Å². The molecule has 0 spiro atoms. The molecule has 1 fully saturated rings. The zero-order chi connectivity index (χ0) is 11.0. The number of thiophene rings is 1. The molecule has 3 nitrogen and oxygen atoms in total. The first-order valence-electron chi connectivity index (χ1n) is 5.67. The van der Waals surface area contributed by atoms with Crippen molar-refractivity contribution in [3.05, 3.63) is 29.0 Å². The highest BCUT2D eigenvalue weighted by atomic mass is 35.5. The van der Waals surface area contributed by atoms with Crippen molar-refractivity contribution in [2.45, 2.75) is 25.8 Å². The minimum atomic E-state index is 0. The van der Waals surface area contributed by atoms with Gasteiger partial charge in [-0.05, 0) is 43.3 Å². The van der Waals surface area contributed by atoms with Crippen molar-refractivity contribution in [3.63, 3.8) is 0 Å². The van der Waals surface area contributed by atoms with Crippen LogP contribution >= 0.6 is 23.7 Å². The van der Waals surface area contributed by atoms with Crippen molar-refractivity contribution in [2.24, 2.45) is 0 Å². The maximum absolute atomic E-state index is 4.47. The molecule has 2 N–H and O–H groups in total. The number of aromatic amines is 1. The van der Waals surface area contributed by atoms with E-state index in [1.165, 1.54) is 23.3 Å². The second kappa shape index (κ2) is 5.21. The van der Waals surface area contributed by atoms with Crippen LogP contribution in [0.2, 0.25) is 0 Å². The first-order chi connectivity index (χ1) is 7.83. The molecule has 2 aromatic rings. The molecule has 3 heterocycles. The molecule has 2 aromatic heterocycles. The van der Waals surface area contributed by atoms with E-state index in [0.717, 1.165) is 18.1 Å². The van der Waals surface area contributed by atoms with Crippen LogP contribution in [0, 0.1) is 6.92 Å². The summed E-state index contributed by atoms with van der Waals surface area (Å²) in [6.07, 6.45) is 4.38. The van der Waals surface area contributed by atoms with Crippen LogP contribution in [-0.4, -0.2) is 16.5 Å². The van der Waals surface area contributed by atoms with Gasteiger partial charge in [0.1, 0.15) is 5.82 Å². The average Bonchev–Trinajstić information content (AvgIpc) is 2.97. The standard InChI is InChI=1S/C12H15N3S.ClH/c1-8-5-11(16-7-8)10-6-14-12(15-10)9-3-2-4-13-9;/h5-7,9,13H,2-4H2,1H3,(H,14,15);1H/t9-;/m0./s1. The summed E-state index contributed by atoms with van der Waals surface area (Å²) in [7, 11) is 0. The smallest absolute Gasteiger partial charge is 0.123 e. The Morgan fingerprint density at radius 3 is 3.00 bits per heavy atom. The summed E-state index contributed by atoms with van der Waals surface area (Å²) in [4.78, 5) is 9.17. The van der Waals surface area contributed by atoms with Gasteiger partial charge in [-0.2, -0.15) is 0 Å². The highest BCUT2D eigenvalue weighted by molar-refractivity contribution is 7.13. The topological polar surface area (TPSA) is 40.7 Å². The molecule has 0 saturated carbocycles.